The number of phenolic OH excluding ortho intramolecular Hbond substituents is 1. The van der Waals surface area contributed by atoms with Gasteiger partial charge in [0.15, 0.2) is 0 Å². The number of carbonyl (C=O) groups excluding carboxylic acids is 1. The van der Waals surface area contributed by atoms with Crippen LogP contribution in [0.25, 0.3) is 0 Å². The van der Waals surface area contributed by atoms with Crippen molar-refractivity contribution in [1.29, 1.82) is 0 Å². The van der Waals surface area contributed by atoms with Gasteiger partial charge in [-0.2, -0.15) is 5.10 Å². The highest BCUT2D eigenvalue weighted by molar-refractivity contribution is 6.01. The number of hydrogen-bond donors (Lipinski definition) is 2. The highest BCUT2D eigenvalue weighted by Gasteiger charge is 2.16. The van der Waals surface area contributed by atoms with Crippen LogP contribution in [0.4, 0.5) is 10.1 Å². The third-order valence-electron chi connectivity index (χ3n) is 4.54. The highest BCUT2D eigenvalue weighted by Crippen LogP contribution is 2.24. The normalized spacial score (nSPS) is 15.0. The Morgan fingerprint density at radius 1 is 1.15 bits per heavy atom. The Morgan fingerprint density at radius 3 is 2.58 bits per heavy atom. The van der Waals surface area contributed by atoms with Crippen molar-refractivity contribution in [3.63, 3.8) is 0 Å². The van der Waals surface area contributed by atoms with Gasteiger partial charge in [-0.3, -0.25) is 4.79 Å². The topological polar surface area (TPSA) is 64.9 Å². The lowest BCUT2D eigenvalue weighted by Crippen LogP contribution is -2.30. The van der Waals surface area contributed by atoms with E-state index in [-0.39, 0.29) is 17.1 Å². The SMILES string of the molecule is C/C(=N\NC(=O)c1ccccc1O)c1ccc(N2CCCCC2)c(F)c1. The first kappa shape index (κ1) is 17.9. The van der Waals surface area contributed by atoms with E-state index in [1.165, 1.54) is 24.6 Å². The van der Waals surface area contributed by atoms with Crippen LogP contribution >= 0.6 is 0 Å². The highest BCUT2D eigenvalue weighted by atomic mass is 19.1. The van der Waals surface area contributed by atoms with E-state index < -0.39 is 5.91 Å². The number of hydrazone groups is 1. The number of benzene rings is 2. The van der Waals surface area contributed by atoms with Crippen LogP contribution in [0.5, 0.6) is 5.75 Å². The number of phenols is 1. The minimum absolute atomic E-state index is 0.116. The lowest BCUT2D eigenvalue weighted by atomic mass is 10.1. The number of halogens is 1. The van der Waals surface area contributed by atoms with E-state index in [9.17, 15) is 14.3 Å². The van der Waals surface area contributed by atoms with Gasteiger partial charge in [0.05, 0.1) is 17.0 Å². The molecule has 0 bridgehead atoms. The van der Waals surface area contributed by atoms with E-state index in [2.05, 4.69) is 15.4 Å². The monoisotopic (exact) mass is 355 g/mol. The van der Waals surface area contributed by atoms with Crippen LogP contribution in [-0.2, 0) is 0 Å². The average Bonchev–Trinajstić information content (AvgIpc) is 2.66. The number of nitrogens with one attached hydrogen (secondary N) is 1. The number of anilines is 1. The minimum Gasteiger partial charge on any atom is -0.507 e. The molecule has 26 heavy (non-hydrogen) atoms. The number of piperidine rings is 1. The second-order valence-corrected chi connectivity index (χ2v) is 6.37. The third-order valence-corrected chi connectivity index (χ3v) is 4.54. The number of para-hydroxylation sites is 1. The van der Waals surface area contributed by atoms with Gasteiger partial charge in [0.1, 0.15) is 11.6 Å². The van der Waals surface area contributed by atoms with Gasteiger partial charge in [0.2, 0.25) is 0 Å². The van der Waals surface area contributed by atoms with Gasteiger partial charge in [-0.15, -0.1) is 0 Å². The van der Waals surface area contributed by atoms with E-state index in [1.807, 2.05) is 0 Å². The first-order valence-corrected chi connectivity index (χ1v) is 8.74. The second-order valence-electron chi connectivity index (χ2n) is 6.37. The molecule has 6 heteroatoms. The van der Waals surface area contributed by atoms with Crippen LogP contribution in [0, 0.1) is 5.82 Å². The van der Waals surface area contributed by atoms with Crippen molar-refractivity contribution in [3.8, 4) is 5.75 Å². The summed E-state index contributed by atoms with van der Waals surface area (Å²) in [6.45, 7) is 3.44. The number of amides is 1. The van der Waals surface area contributed by atoms with Gasteiger partial charge >= 0.3 is 0 Å². The Kier molecular flexibility index (Phi) is 5.51. The molecule has 3 rings (SSSR count). The zero-order valence-electron chi connectivity index (χ0n) is 14.7. The largest absolute Gasteiger partial charge is 0.507 e. The lowest BCUT2D eigenvalue weighted by molar-refractivity contribution is 0.0952. The van der Waals surface area contributed by atoms with Crippen molar-refractivity contribution < 1.29 is 14.3 Å². The Labute approximate surface area is 152 Å². The zero-order chi connectivity index (χ0) is 18.5. The van der Waals surface area contributed by atoms with Crippen molar-refractivity contribution in [2.75, 3.05) is 18.0 Å². The summed E-state index contributed by atoms with van der Waals surface area (Å²) in [5, 5.41) is 13.7. The molecule has 2 aromatic carbocycles. The molecular weight excluding hydrogens is 333 g/mol. The van der Waals surface area contributed by atoms with Crippen molar-refractivity contribution >= 4 is 17.3 Å². The molecule has 1 saturated heterocycles. The number of carbonyl (C=O) groups is 1. The van der Waals surface area contributed by atoms with Gasteiger partial charge < -0.3 is 10.0 Å². The number of hydrogen-bond acceptors (Lipinski definition) is 4. The lowest BCUT2D eigenvalue weighted by Gasteiger charge is -2.29. The van der Waals surface area contributed by atoms with Crippen LogP contribution in [0.3, 0.4) is 0 Å². The number of nitrogens with zero attached hydrogens (tertiary/aromatic N) is 2. The van der Waals surface area contributed by atoms with Gasteiger partial charge in [-0.25, -0.2) is 9.82 Å². The van der Waals surface area contributed by atoms with E-state index >= 15 is 0 Å². The van der Waals surface area contributed by atoms with Crippen LogP contribution in [0.1, 0.15) is 42.1 Å². The average molecular weight is 355 g/mol. The summed E-state index contributed by atoms with van der Waals surface area (Å²) < 4.78 is 14.5. The maximum atomic E-state index is 14.5. The molecule has 0 aliphatic carbocycles. The standard InChI is InChI=1S/C20H22FN3O2/c1-14(22-23-20(26)16-7-3-4-8-19(16)25)15-9-10-18(17(21)13-15)24-11-5-2-6-12-24/h3-4,7-10,13,25H,2,5-6,11-12H2,1H3,(H,23,26)/b22-14+. The fourth-order valence-electron chi connectivity index (χ4n) is 3.05. The Bertz CT molecular complexity index is 830. The van der Waals surface area contributed by atoms with Crippen molar-refractivity contribution in [3.05, 3.63) is 59.4 Å². The minimum atomic E-state index is -0.521. The van der Waals surface area contributed by atoms with Crippen LogP contribution < -0.4 is 10.3 Å². The molecule has 1 heterocycles. The molecule has 0 radical (unpaired) electrons. The summed E-state index contributed by atoms with van der Waals surface area (Å²) in [6.07, 6.45) is 3.36. The quantitative estimate of drug-likeness (QED) is 0.650. The molecule has 1 amide bonds. The third kappa shape index (κ3) is 4.02. The predicted molar refractivity (Wildman–Crippen MR) is 100 cm³/mol. The predicted octanol–water partition coefficient (Wildman–Crippen LogP) is 3.68. The first-order valence-electron chi connectivity index (χ1n) is 8.74. The molecule has 5 nitrogen and oxygen atoms in total. The number of rotatable bonds is 4. The summed E-state index contributed by atoms with van der Waals surface area (Å²) in [4.78, 5) is 14.1. The fourth-order valence-corrected chi connectivity index (χ4v) is 3.05. The van der Waals surface area contributed by atoms with Gasteiger partial charge in [-0.05, 0) is 50.5 Å². The van der Waals surface area contributed by atoms with Crippen molar-refractivity contribution in [2.45, 2.75) is 26.2 Å². The van der Waals surface area contributed by atoms with Gasteiger partial charge in [-0.1, -0.05) is 18.2 Å². The molecule has 1 aliphatic rings. The summed E-state index contributed by atoms with van der Waals surface area (Å²) in [5.41, 5.74) is 4.22. The number of aromatic hydroxyl groups is 1. The van der Waals surface area contributed by atoms with E-state index in [0.717, 1.165) is 25.9 Å². The summed E-state index contributed by atoms with van der Waals surface area (Å²) in [5.74, 6) is -0.923. The first-order chi connectivity index (χ1) is 12.6. The molecule has 1 aliphatic heterocycles. The molecule has 0 aromatic heterocycles. The molecule has 0 saturated carbocycles. The van der Waals surface area contributed by atoms with Crippen molar-refractivity contribution in [2.24, 2.45) is 5.10 Å². The zero-order valence-corrected chi connectivity index (χ0v) is 14.7. The molecule has 136 valence electrons. The Balaban J connectivity index is 1.72. The molecular formula is C20H22FN3O2. The Hall–Kier alpha value is -2.89. The molecule has 2 aromatic rings. The fraction of sp³-hybridized carbons (Fsp3) is 0.300. The summed E-state index contributed by atoms with van der Waals surface area (Å²) in [7, 11) is 0. The van der Waals surface area contributed by atoms with Crippen LogP contribution in [-0.4, -0.2) is 29.8 Å². The molecule has 0 atom stereocenters. The van der Waals surface area contributed by atoms with Gasteiger partial charge in [0.25, 0.3) is 5.91 Å². The molecule has 1 fully saturated rings. The molecule has 0 unspecified atom stereocenters. The van der Waals surface area contributed by atoms with E-state index in [1.54, 1.807) is 31.2 Å². The van der Waals surface area contributed by atoms with Crippen LogP contribution in [0.15, 0.2) is 47.6 Å². The Morgan fingerprint density at radius 2 is 1.88 bits per heavy atom. The molecule has 0 spiro atoms. The molecule has 2 N–H and O–H groups in total. The summed E-state index contributed by atoms with van der Waals surface area (Å²) >= 11 is 0. The van der Waals surface area contributed by atoms with E-state index in [4.69, 9.17) is 0 Å². The second kappa shape index (κ2) is 7.99. The van der Waals surface area contributed by atoms with E-state index in [0.29, 0.717) is 17.0 Å². The maximum Gasteiger partial charge on any atom is 0.275 e. The maximum absolute atomic E-state index is 14.5. The summed E-state index contributed by atoms with van der Waals surface area (Å²) in [6, 6.07) is 11.2. The smallest absolute Gasteiger partial charge is 0.275 e. The van der Waals surface area contributed by atoms with Gasteiger partial charge in [0, 0.05) is 18.7 Å². The van der Waals surface area contributed by atoms with Crippen LogP contribution in [0.2, 0.25) is 0 Å². The van der Waals surface area contributed by atoms with Crippen molar-refractivity contribution in [1.82, 2.24) is 5.43 Å².